The Morgan fingerprint density at radius 2 is 1.76 bits per heavy atom. The maximum absolute atomic E-state index is 6.14. The summed E-state index contributed by atoms with van der Waals surface area (Å²) in [6, 6.07) is 15.1. The third-order valence-electron chi connectivity index (χ3n) is 7.82. The summed E-state index contributed by atoms with van der Waals surface area (Å²) < 4.78 is 25.1. The molecule has 3 aromatic carbocycles. The molecule has 0 amide bonds. The Hall–Kier alpha value is -3.72. The molecular weight excluding hydrogens is 591 g/mol. The molecule has 1 N–H and O–H groups in total. The van der Waals surface area contributed by atoms with Gasteiger partial charge in [0.15, 0.2) is 11.5 Å². The fourth-order valence-electron chi connectivity index (χ4n) is 6.17. The number of hydrogen-bond donors (Lipinski definition) is 1. The van der Waals surface area contributed by atoms with Crippen LogP contribution in [0, 0.1) is 0 Å². The van der Waals surface area contributed by atoms with Crippen LogP contribution in [-0.4, -0.2) is 23.6 Å². The number of fused-ring (bicyclic) bond motifs is 10. The van der Waals surface area contributed by atoms with E-state index in [0.29, 0.717) is 12.3 Å². The van der Waals surface area contributed by atoms with Crippen LogP contribution in [0.2, 0.25) is 0 Å². The highest BCUT2D eigenvalue weighted by molar-refractivity contribution is 14.1. The van der Waals surface area contributed by atoms with E-state index in [-0.39, 0.29) is 13.6 Å². The average molecular weight is 614 g/mol. The van der Waals surface area contributed by atoms with Crippen LogP contribution in [-0.2, 0) is 9.47 Å². The Bertz CT molecular complexity index is 1760. The quantitative estimate of drug-likeness (QED) is 0.222. The molecule has 1 atom stereocenters. The fourth-order valence-corrected chi connectivity index (χ4v) is 7.14. The summed E-state index contributed by atoms with van der Waals surface area (Å²) in [6.07, 6.45) is 7.78. The van der Waals surface area contributed by atoms with Gasteiger partial charge < -0.3 is 23.9 Å². The van der Waals surface area contributed by atoms with E-state index in [2.05, 4.69) is 88.0 Å². The molecule has 4 aliphatic rings. The van der Waals surface area contributed by atoms with Crippen molar-refractivity contribution in [2.24, 2.45) is 0 Å². The SMILES string of the molecule is CC1CC(I)=Cc2c(ccc3c2OCO3)-c2ccc3c(c21)C=C1CC(=C3c2ccc3nc[nH]c3c2)OCO1. The maximum atomic E-state index is 6.14. The van der Waals surface area contributed by atoms with Crippen molar-refractivity contribution in [2.45, 2.75) is 25.7 Å². The zero-order chi connectivity index (χ0) is 25.4. The molecule has 1 unspecified atom stereocenters. The fraction of sp³-hybridized carbons (Fsp3) is 0.194. The molecule has 2 aliphatic carbocycles. The van der Waals surface area contributed by atoms with Gasteiger partial charge in [-0.2, -0.15) is 0 Å². The van der Waals surface area contributed by atoms with Crippen molar-refractivity contribution in [3.63, 3.8) is 0 Å². The second kappa shape index (κ2) is 8.39. The molecule has 7 heteroatoms. The van der Waals surface area contributed by atoms with Crippen LogP contribution in [0.1, 0.15) is 53.5 Å². The highest BCUT2D eigenvalue weighted by atomic mass is 127. The molecule has 4 aromatic rings. The predicted octanol–water partition coefficient (Wildman–Crippen LogP) is 7.75. The van der Waals surface area contributed by atoms with E-state index in [0.717, 1.165) is 68.3 Å². The third-order valence-corrected chi connectivity index (χ3v) is 8.58. The molecule has 2 bridgehead atoms. The van der Waals surface area contributed by atoms with E-state index >= 15 is 0 Å². The third kappa shape index (κ3) is 3.34. The first-order chi connectivity index (χ1) is 18.6. The number of benzene rings is 3. The van der Waals surface area contributed by atoms with E-state index in [4.69, 9.17) is 18.9 Å². The largest absolute Gasteiger partial charge is 0.461 e. The van der Waals surface area contributed by atoms with E-state index < -0.39 is 0 Å². The summed E-state index contributed by atoms with van der Waals surface area (Å²) >= 11 is 2.47. The standard InChI is InChI=1S/C31H23IN2O4/c1-16-8-18(32)10-24-20(5-7-27-31(24)38-15-36-27)21-3-4-22-23(29(16)21)11-19-12-28(37-14-35-19)30(22)17-2-6-25-26(9-17)34-13-33-25/h2-7,9-11,13,16H,8,12,14-15H2,1H3,(H,33,34). The number of nitrogens with one attached hydrogen (secondary N) is 1. The number of halogens is 1. The minimum Gasteiger partial charge on any atom is -0.461 e. The molecule has 38 heavy (non-hydrogen) atoms. The smallest absolute Gasteiger partial charge is 0.231 e. The minimum atomic E-state index is 0.218. The number of aromatic nitrogens is 2. The lowest BCUT2D eigenvalue weighted by Crippen LogP contribution is -2.10. The van der Waals surface area contributed by atoms with E-state index in [9.17, 15) is 0 Å². The number of hydrogen-bond acceptors (Lipinski definition) is 5. The van der Waals surface area contributed by atoms with Gasteiger partial charge in [0.05, 0.1) is 23.8 Å². The van der Waals surface area contributed by atoms with Crippen LogP contribution < -0.4 is 9.47 Å². The van der Waals surface area contributed by atoms with Crippen molar-refractivity contribution in [3.05, 3.63) is 91.7 Å². The van der Waals surface area contributed by atoms with Crippen LogP contribution in [0.25, 0.3) is 39.9 Å². The van der Waals surface area contributed by atoms with Gasteiger partial charge in [-0.15, -0.1) is 0 Å². The zero-order valence-electron chi connectivity index (χ0n) is 20.6. The maximum Gasteiger partial charge on any atom is 0.231 e. The first kappa shape index (κ1) is 22.3. The number of nitrogens with zero attached hydrogens (tertiary/aromatic N) is 1. The topological polar surface area (TPSA) is 65.6 Å². The molecule has 1 saturated heterocycles. The van der Waals surface area contributed by atoms with Crippen LogP contribution in [0.5, 0.6) is 11.5 Å². The van der Waals surface area contributed by atoms with Gasteiger partial charge in [0, 0.05) is 11.1 Å². The van der Waals surface area contributed by atoms with Gasteiger partial charge in [-0.1, -0.05) is 25.1 Å². The zero-order valence-corrected chi connectivity index (χ0v) is 22.8. The van der Waals surface area contributed by atoms with Crippen LogP contribution in [0.3, 0.4) is 0 Å². The van der Waals surface area contributed by atoms with Gasteiger partial charge in [-0.05, 0) is 108 Å². The lowest BCUT2D eigenvalue weighted by atomic mass is 9.79. The second-order valence-corrected chi connectivity index (χ2v) is 11.5. The summed E-state index contributed by atoms with van der Waals surface area (Å²) in [5.41, 5.74) is 11.3. The highest BCUT2D eigenvalue weighted by Gasteiger charge is 2.31. The monoisotopic (exact) mass is 614 g/mol. The number of allylic oxidation sites excluding steroid dienone is 1. The summed E-state index contributed by atoms with van der Waals surface area (Å²) in [5.74, 6) is 3.80. The van der Waals surface area contributed by atoms with Crippen molar-refractivity contribution < 1.29 is 18.9 Å². The van der Waals surface area contributed by atoms with Crippen molar-refractivity contribution >= 4 is 51.3 Å². The normalized spacial score (nSPS) is 19.2. The van der Waals surface area contributed by atoms with Crippen molar-refractivity contribution in [3.8, 4) is 22.6 Å². The molecule has 0 radical (unpaired) electrons. The van der Waals surface area contributed by atoms with Gasteiger partial charge in [0.25, 0.3) is 0 Å². The number of ether oxygens (including phenoxy) is 4. The summed E-state index contributed by atoms with van der Waals surface area (Å²) in [7, 11) is 0. The van der Waals surface area contributed by atoms with E-state index in [1.807, 2.05) is 6.07 Å². The Morgan fingerprint density at radius 1 is 0.895 bits per heavy atom. The molecule has 6 nitrogen and oxygen atoms in total. The summed E-state index contributed by atoms with van der Waals surface area (Å²) in [5, 5.41) is 0. The second-order valence-electron chi connectivity index (χ2n) is 10.1. The van der Waals surface area contributed by atoms with Crippen LogP contribution in [0.4, 0.5) is 0 Å². The van der Waals surface area contributed by atoms with Gasteiger partial charge in [-0.3, -0.25) is 0 Å². The van der Waals surface area contributed by atoms with Gasteiger partial charge in [-0.25, -0.2) is 4.98 Å². The Balaban J connectivity index is 1.42. The summed E-state index contributed by atoms with van der Waals surface area (Å²) in [6.45, 7) is 2.79. The predicted molar refractivity (Wildman–Crippen MR) is 155 cm³/mol. The van der Waals surface area contributed by atoms with Crippen molar-refractivity contribution in [1.82, 2.24) is 9.97 Å². The lowest BCUT2D eigenvalue weighted by molar-refractivity contribution is -0.0183. The average Bonchev–Trinajstić information content (AvgIpc) is 3.56. The molecule has 3 heterocycles. The van der Waals surface area contributed by atoms with Crippen molar-refractivity contribution in [1.29, 1.82) is 0 Å². The molecule has 8 rings (SSSR count). The molecule has 0 saturated carbocycles. The molecule has 0 spiro atoms. The molecule has 1 aromatic heterocycles. The van der Waals surface area contributed by atoms with Crippen LogP contribution in [0.15, 0.2) is 63.9 Å². The molecule has 2 aliphatic heterocycles. The highest BCUT2D eigenvalue weighted by Crippen LogP contribution is 2.50. The Labute approximate surface area is 233 Å². The first-order valence-electron chi connectivity index (χ1n) is 12.7. The van der Waals surface area contributed by atoms with Gasteiger partial charge >= 0.3 is 0 Å². The lowest BCUT2D eigenvalue weighted by Gasteiger charge is -2.26. The van der Waals surface area contributed by atoms with E-state index in [1.54, 1.807) is 6.33 Å². The number of rotatable bonds is 1. The number of H-pyrrole nitrogens is 1. The Morgan fingerprint density at radius 3 is 2.71 bits per heavy atom. The van der Waals surface area contributed by atoms with Crippen LogP contribution >= 0.6 is 22.6 Å². The summed E-state index contributed by atoms with van der Waals surface area (Å²) in [4.78, 5) is 7.67. The van der Waals surface area contributed by atoms with Gasteiger partial charge in [0.2, 0.25) is 13.6 Å². The Kier molecular flexibility index (Phi) is 4.92. The van der Waals surface area contributed by atoms with E-state index in [1.165, 1.54) is 20.3 Å². The molecule has 188 valence electrons. The molecule has 1 fully saturated rings. The number of imidazole rings is 1. The first-order valence-corrected chi connectivity index (χ1v) is 13.8. The minimum absolute atomic E-state index is 0.218. The number of aromatic amines is 1. The molecular formula is C31H23IN2O4. The van der Waals surface area contributed by atoms with Crippen molar-refractivity contribution in [2.75, 3.05) is 13.6 Å². The van der Waals surface area contributed by atoms with Gasteiger partial charge in [0.1, 0.15) is 11.5 Å².